The Morgan fingerprint density at radius 2 is 1.46 bits per heavy atom. The summed E-state index contributed by atoms with van der Waals surface area (Å²) in [6.45, 7) is 10.1. The Balaban J connectivity index is 0.000000280. The summed E-state index contributed by atoms with van der Waals surface area (Å²) in [6.07, 6.45) is 5.39. The lowest BCUT2D eigenvalue weighted by molar-refractivity contribution is -0.109. The van der Waals surface area contributed by atoms with Crippen molar-refractivity contribution in [2.24, 2.45) is 0 Å². The molecule has 1 aromatic heterocycles. The van der Waals surface area contributed by atoms with Gasteiger partial charge in [-0.2, -0.15) is 0 Å². The lowest BCUT2D eigenvalue weighted by atomic mass is 9.98. The molecule has 0 aliphatic carbocycles. The fourth-order valence-corrected chi connectivity index (χ4v) is 4.07. The number of hydrogen-bond donors (Lipinski definition) is 1. The van der Waals surface area contributed by atoms with Crippen LogP contribution in [-0.2, 0) is 11.2 Å². The van der Waals surface area contributed by atoms with Crippen LogP contribution in [0.3, 0.4) is 0 Å². The first-order valence-electron chi connectivity index (χ1n) is 13.6. The normalized spacial score (nSPS) is 12.1. The van der Waals surface area contributed by atoms with Gasteiger partial charge in [-0.05, 0) is 53.3 Å². The van der Waals surface area contributed by atoms with E-state index in [2.05, 4.69) is 29.4 Å². The van der Waals surface area contributed by atoms with E-state index in [0.29, 0.717) is 11.1 Å². The van der Waals surface area contributed by atoms with Crippen molar-refractivity contribution in [3.05, 3.63) is 107 Å². The van der Waals surface area contributed by atoms with Crippen molar-refractivity contribution in [1.29, 1.82) is 0 Å². The smallest absolute Gasteiger partial charge is 0.261 e. The average Bonchev–Trinajstić information content (AvgIpc) is 3.26. The Morgan fingerprint density at radius 3 is 2.00 bits per heavy atom. The van der Waals surface area contributed by atoms with Crippen molar-refractivity contribution >= 4 is 34.6 Å². The van der Waals surface area contributed by atoms with Crippen LogP contribution in [0.25, 0.3) is 10.8 Å². The number of hydrogen-bond acceptors (Lipinski definition) is 5. The summed E-state index contributed by atoms with van der Waals surface area (Å²) >= 11 is 0. The molecule has 5 rings (SSSR count). The highest BCUT2D eigenvalue weighted by Gasteiger charge is 2.36. The van der Waals surface area contributed by atoms with Crippen LogP contribution in [0.2, 0.25) is 0 Å². The van der Waals surface area contributed by atoms with Gasteiger partial charge in [0.05, 0.1) is 17.0 Å². The largest absolute Gasteiger partial charge is 0.388 e. The van der Waals surface area contributed by atoms with E-state index >= 15 is 0 Å². The molecule has 39 heavy (non-hydrogen) atoms. The van der Waals surface area contributed by atoms with Crippen LogP contribution in [0.15, 0.2) is 85.2 Å². The third-order valence-electron chi connectivity index (χ3n) is 6.17. The molecular weight excluding hydrogens is 486 g/mol. The van der Waals surface area contributed by atoms with Crippen LogP contribution < -0.4 is 5.32 Å². The van der Waals surface area contributed by atoms with Gasteiger partial charge in [0.15, 0.2) is 0 Å². The lowest BCUT2D eigenvalue weighted by Gasteiger charge is -2.19. The first-order valence-corrected chi connectivity index (χ1v) is 13.6. The minimum absolute atomic E-state index is 0.0708. The number of carbonyl (C=O) groups excluding carboxylic acids is 3. The zero-order valence-electron chi connectivity index (χ0n) is 23.8. The molecule has 1 unspecified atom stereocenters. The zero-order chi connectivity index (χ0) is 28.8. The summed E-state index contributed by atoms with van der Waals surface area (Å²) < 4.78 is 0. The Labute approximate surface area is 232 Å². The van der Waals surface area contributed by atoms with Crippen molar-refractivity contribution < 1.29 is 14.4 Å². The number of nitrogens with zero attached hydrogens (tertiary/aromatic N) is 2. The van der Waals surface area contributed by atoms with Crippen molar-refractivity contribution in [1.82, 2.24) is 9.88 Å². The molecule has 0 radical (unpaired) electrons. The van der Waals surface area contributed by atoms with E-state index in [0.717, 1.165) is 28.9 Å². The molecule has 0 fully saturated rings. The van der Waals surface area contributed by atoms with Crippen molar-refractivity contribution in [3.63, 3.8) is 0 Å². The number of rotatable bonds is 6. The quantitative estimate of drug-likeness (QED) is 0.213. The molecule has 6 heteroatoms. The Morgan fingerprint density at radius 1 is 0.846 bits per heavy atom. The van der Waals surface area contributed by atoms with Crippen LogP contribution in [0.1, 0.15) is 72.4 Å². The van der Waals surface area contributed by atoms with Crippen molar-refractivity contribution in [2.45, 2.75) is 47.0 Å². The fraction of sp³-hybridized carbons (Fsp3) is 0.273. The standard InChI is InChI=1S/C19H17NO3.C10H10N2.2C2H6/c1-2-13-7-9-14(10-8-13)15(12-21)11-20-18(22)16-5-3-4-6-17(16)19(20)23;1-11-10-3-2-9-7-12-5-4-8(9)6-10;2*1-2/h3-10,12,15H,2,11H2,1H3;2-7,11H,1H3;2*1-2H3. The molecule has 2 amide bonds. The summed E-state index contributed by atoms with van der Waals surface area (Å²) in [5, 5.41) is 5.50. The first kappa shape index (κ1) is 30.9. The Hall–Kier alpha value is -4.32. The molecule has 0 bridgehead atoms. The number of aryl methyl sites for hydroxylation is 1. The SMILES string of the molecule is CC.CC.CCc1ccc(C(C=O)CN2C(=O)c3ccccc3C2=O)cc1.CNc1ccc2cnccc2c1. The van der Waals surface area contributed by atoms with Gasteiger partial charge < -0.3 is 10.1 Å². The maximum absolute atomic E-state index is 12.4. The summed E-state index contributed by atoms with van der Waals surface area (Å²) in [5.41, 5.74) is 3.94. The van der Waals surface area contributed by atoms with Gasteiger partial charge in [-0.25, -0.2) is 0 Å². The monoisotopic (exact) mass is 525 g/mol. The predicted octanol–water partition coefficient (Wildman–Crippen LogP) is 7.16. The number of fused-ring (bicyclic) bond motifs is 2. The van der Waals surface area contributed by atoms with Crippen LogP contribution in [-0.4, -0.2) is 41.6 Å². The number of amides is 2. The third kappa shape index (κ3) is 7.60. The second-order valence-electron chi connectivity index (χ2n) is 8.29. The van der Waals surface area contributed by atoms with E-state index in [1.807, 2.05) is 83.5 Å². The van der Waals surface area contributed by atoms with Crippen molar-refractivity contribution in [3.8, 4) is 0 Å². The Bertz CT molecular complexity index is 1330. The molecule has 0 spiro atoms. The average molecular weight is 526 g/mol. The van der Waals surface area contributed by atoms with Gasteiger partial charge in [0.1, 0.15) is 6.29 Å². The zero-order valence-corrected chi connectivity index (χ0v) is 23.8. The maximum Gasteiger partial charge on any atom is 0.261 e. The van der Waals surface area contributed by atoms with Crippen LogP contribution in [0, 0.1) is 0 Å². The number of pyridine rings is 1. The summed E-state index contributed by atoms with van der Waals surface area (Å²) in [5.74, 6) is -1.17. The number of aromatic nitrogens is 1. The summed E-state index contributed by atoms with van der Waals surface area (Å²) in [6, 6.07) is 22.7. The van der Waals surface area contributed by atoms with Gasteiger partial charge in [-0.1, -0.05) is 77.1 Å². The summed E-state index contributed by atoms with van der Waals surface area (Å²) in [7, 11) is 1.92. The topological polar surface area (TPSA) is 79.4 Å². The molecule has 1 aliphatic heterocycles. The molecule has 3 aromatic carbocycles. The second-order valence-corrected chi connectivity index (χ2v) is 8.29. The molecule has 1 N–H and O–H groups in total. The maximum atomic E-state index is 12.4. The summed E-state index contributed by atoms with van der Waals surface area (Å²) in [4.78, 5) is 41.5. The van der Waals surface area contributed by atoms with Crippen LogP contribution in [0.5, 0.6) is 0 Å². The minimum atomic E-state index is -0.511. The van der Waals surface area contributed by atoms with E-state index in [1.54, 1.807) is 24.3 Å². The van der Waals surface area contributed by atoms with Crippen molar-refractivity contribution in [2.75, 3.05) is 18.9 Å². The van der Waals surface area contributed by atoms with E-state index < -0.39 is 5.92 Å². The minimum Gasteiger partial charge on any atom is -0.388 e. The number of benzene rings is 3. The molecule has 6 nitrogen and oxygen atoms in total. The highest BCUT2D eigenvalue weighted by atomic mass is 16.2. The van der Waals surface area contributed by atoms with E-state index in [4.69, 9.17) is 0 Å². The van der Waals surface area contributed by atoms with Crippen LogP contribution in [0.4, 0.5) is 5.69 Å². The Kier molecular flexibility index (Phi) is 12.5. The number of anilines is 1. The lowest BCUT2D eigenvalue weighted by Crippen LogP contribution is -2.34. The molecule has 204 valence electrons. The van der Waals surface area contributed by atoms with Gasteiger partial charge in [0.2, 0.25) is 0 Å². The number of imide groups is 1. The molecule has 1 aliphatic rings. The van der Waals surface area contributed by atoms with E-state index in [-0.39, 0.29) is 18.4 Å². The predicted molar refractivity (Wildman–Crippen MR) is 160 cm³/mol. The molecule has 2 heterocycles. The molecular formula is C33H39N3O3. The second kappa shape index (κ2) is 15.8. The van der Waals surface area contributed by atoms with Gasteiger partial charge in [0.25, 0.3) is 11.8 Å². The van der Waals surface area contributed by atoms with E-state index in [9.17, 15) is 14.4 Å². The number of aldehydes is 1. The van der Waals surface area contributed by atoms with Gasteiger partial charge in [-0.3, -0.25) is 19.5 Å². The molecule has 0 saturated heterocycles. The van der Waals surface area contributed by atoms with E-state index in [1.165, 1.54) is 16.3 Å². The van der Waals surface area contributed by atoms with Gasteiger partial charge in [-0.15, -0.1) is 0 Å². The van der Waals surface area contributed by atoms with Gasteiger partial charge >= 0.3 is 0 Å². The first-order chi connectivity index (χ1) is 19.0. The highest BCUT2D eigenvalue weighted by molar-refractivity contribution is 6.21. The highest BCUT2D eigenvalue weighted by Crippen LogP contribution is 2.26. The number of nitrogens with one attached hydrogen (secondary N) is 1. The van der Waals surface area contributed by atoms with Gasteiger partial charge in [0, 0.05) is 37.1 Å². The van der Waals surface area contributed by atoms with Crippen LogP contribution >= 0.6 is 0 Å². The molecule has 1 atom stereocenters. The number of carbonyl (C=O) groups is 3. The molecule has 4 aromatic rings. The molecule has 0 saturated carbocycles. The third-order valence-corrected chi connectivity index (χ3v) is 6.17. The fourth-order valence-electron chi connectivity index (χ4n) is 4.07.